The molecule has 0 aliphatic heterocycles. The Hall–Kier alpha value is -5.66. The monoisotopic (exact) mass is 671 g/mol. The van der Waals surface area contributed by atoms with Crippen molar-refractivity contribution < 1.29 is 0 Å². The predicted octanol–water partition coefficient (Wildman–Crippen LogP) is 13.0. The highest BCUT2D eigenvalue weighted by atomic mass is 15.1. The number of aryl methyl sites for hydroxylation is 1. The molecule has 1 unspecified atom stereocenters. The Kier molecular flexibility index (Phi) is 8.36. The summed E-state index contributed by atoms with van der Waals surface area (Å²) in [5.74, 6) is 0.262. The van der Waals surface area contributed by atoms with Crippen LogP contribution in [0.2, 0.25) is 0 Å². The van der Waals surface area contributed by atoms with Gasteiger partial charge in [0.25, 0.3) is 0 Å². The molecular formula is C51H45N. The first-order valence-corrected chi connectivity index (χ1v) is 19.0. The molecule has 0 spiro atoms. The van der Waals surface area contributed by atoms with Gasteiger partial charge in [0.15, 0.2) is 0 Å². The van der Waals surface area contributed by atoms with E-state index in [2.05, 4.69) is 178 Å². The smallest absolute Gasteiger partial charge is 0.0249 e. The Morgan fingerprint density at radius 2 is 1.23 bits per heavy atom. The first-order valence-electron chi connectivity index (χ1n) is 19.0. The molecule has 1 heteroatoms. The average Bonchev–Trinajstić information content (AvgIpc) is 3.69. The van der Waals surface area contributed by atoms with E-state index in [1.165, 1.54) is 101 Å². The van der Waals surface area contributed by atoms with Crippen molar-refractivity contribution in [1.29, 1.82) is 0 Å². The summed E-state index contributed by atoms with van der Waals surface area (Å²) in [7, 11) is 2.19. The molecule has 5 aromatic rings. The quantitative estimate of drug-likeness (QED) is 0.152. The van der Waals surface area contributed by atoms with Crippen molar-refractivity contribution in [3.63, 3.8) is 0 Å². The van der Waals surface area contributed by atoms with Gasteiger partial charge in [-0.15, -0.1) is 0 Å². The lowest BCUT2D eigenvalue weighted by molar-refractivity contribution is 0.527. The molecule has 0 saturated heterocycles. The fourth-order valence-electron chi connectivity index (χ4n) is 8.88. The molecule has 0 bridgehead atoms. The Balaban J connectivity index is 1.01. The van der Waals surface area contributed by atoms with Gasteiger partial charge in [-0.05, 0) is 140 Å². The number of benzene rings is 5. The van der Waals surface area contributed by atoms with Crippen molar-refractivity contribution in [2.45, 2.75) is 51.9 Å². The zero-order chi connectivity index (χ0) is 35.2. The maximum Gasteiger partial charge on any atom is 0.0249 e. The van der Waals surface area contributed by atoms with E-state index in [4.69, 9.17) is 0 Å². The van der Waals surface area contributed by atoms with Crippen LogP contribution in [0, 0.1) is 6.92 Å². The van der Waals surface area contributed by atoms with Gasteiger partial charge in [-0.3, -0.25) is 0 Å². The van der Waals surface area contributed by atoms with Crippen LogP contribution in [-0.2, 0) is 6.42 Å². The first kappa shape index (κ1) is 32.3. The van der Waals surface area contributed by atoms with Crippen molar-refractivity contribution in [2.24, 2.45) is 0 Å². The topological polar surface area (TPSA) is 3.24 Å². The van der Waals surface area contributed by atoms with Crippen LogP contribution in [0.15, 0.2) is 169 Å². The number of hydrogen-bond donors (Lipinski definition) is 0. The van der Waals surface area contributed by atoms with Gasteiger partial charge in [0.05, 0.1) is 0 Å². The van der Waals surface area contributed by atoms with Gasteiger partial charge < -0.3 is 4.90 Å². The van der Waals surface area contributed by atoms with Crippen LogP contribution >= 0.6 is 0 Å². The van der Waals surface area contributed by atoms with E-state index in [-0.39, 0.29) is 5.92 Å². The number of hydrogen-bond acceptors (Lipinski definition) is 1. The summed E-state index contributed by atoms with van der Waals surface area (Å²) < 4.78 is 0. The highest BCUT2D eigenvalue weighted by molar-refractivity contribution is 6.18. The van der Waals surface area contributed by atoms with Gasteiger partial charge in [-0.25, -0.2) is 0 Å². The summed E-state index contributed by atoms with van der Waals surface area (Å²) in [5.41, 5.74) is 23.2. The van der Waals surface area contributed by atoms with Gasteiger partial charge in [-0.1, -0.05) is 140 Å². The van der Waals surface area contributed by atoms with E-state index >= 15 is 0 Å². The fraction of sp³-hybridized carbons (Fsp3) is 0.176. The van der Waals surface area contributed by atoms with Gasteiger partial charge >= 0.3 is 0 Å². The van der Waals surface area contributed by atoms with Gasteiger partial charge in [0.1, 0.15) is 0 Å². The Bertz CT molecular complexity index is 2370. The number of nitrogens with zero attached hydrogens (tertiary/aromatic N) is 1. The summed E-state index contributed by atoms with van der Waals surface area (Å²) in [6.45, 7) is 4.60. The summed E-state index contributed by atoms with van der Waals surface area (Å²) in [5, 5.41) is 0. The molecule has 0 aromatic heterocycles. The minimum absolute atomic E-state index is 0.262. The van der Waals surface area contributed by atoms with E-state index in [0.717, 1.165) is 25.7 Å². The Morgan fingerprint density at radius 1 is 0.635 bits per heavy atom. The molecule has 0 heterocycles. The van der Waals surface area contributed by atoms with E-state index < -0.39 is 0 Å². The molecule has 0 amide bonds. The second-order valence-electron chi connectivity index (χ2n) is 14.8. The average molecular weight is 672 g/mol. The maximum absolute atomic E-state index is 2.48. The number of rotatable bonds is 7. The van der Waals surface area contributed by atoms with Crippen LogP contribution in [-0.4, -0.2) is 11.9 Å². The minimum atomic E-state index is 0.262. The lowest BCUT2D eigenvalue weighted by Gasteiger charge is -2.27. The molecule has 5 aromatic carbocycles. The third-order valence-electron chi connectivity index (χ3n) is 11.7. The zero-order valence-electron chi connectivity index (χ0n) is 30.5. The minimum Gasteiger partial charge on any atom is -0.354 e. The standard InChI is InChI=1S/C51H45N/c1-34-27-28-38(32-37(34)17-5-4-14-31-52(3)49-26-15-18-36-16-6-7-19-40(36)49)35(2)39-29-30-44-43-22-10-13-25-47(43)51(48(44)33-39)50-45-23-11-8-20-41(45)42-21-9-12-24-46(42)50/h4-5,7-14,18-25,27-33,35H,6,15-17,26H2,1-3H3/b5-4-,31-14-. The fourth-order valence-corrected chi connectivity index (χ4v) is 8.88. The molecule has 1 nitrogen and oxygen atoms in total. The first-order chi connectivity index (χ1) is 25.6. The molecule has 0 saturated carbocycles. The third kappa shape index (κ3) is 5.56. The molecule has 1 atom stereocenters. The molecule has 4 aliphatic rings. The van der Waals surface area contributed by atoms with E-state index in [1.807, 2.05) is 0 Å². The van der Waals surface area contributed by atoms with Crippen molar-refractivity contribution in [2.75, 3.05) is 7.05 Å². The van der Waals surface area contributed by atoms with Crippen molar-refractivity contribution in [3.05, 3.63) is 213 Å². The third-order valence-corrected chi connectivity index (χ3v) is 11.7. The molecule has 254 valence electrons. The molecule has 4 aliphatic carbocycles. The van der Waals surface area contributed by atoms with Crippen LogP contribution in [0.3, 0.4) is 0 Å². The molecular weight excluding hydrogens is 627 g/mol. The van der Waals surface area contributed by atoms with Crippen molar-refractivity contribution in [3.8, 4) is 22.3 Å². The van der Waals surface area contributed by atoms with Crippen LogP contribution in [0.1, 0.15) is 83.0 Å². The second kappa shape index (κ2) is 13.5. The van der Waals surface area contributed by atoms with Crippen LogP contribution in [0.25, 0.3) is 33.4 Å². The number of allylic oxidation sites excluding steroid dienone is 9. The van der Waals surface area contributed by atoms with Gasteiger partial charge in [0, 0.05) is 24.9 Å². The molecule has 0 N–H and O–H groups in total. The van der Waals surface area contributed by atoms with E-state index in [9.17, 15) is 0 Å². The predicted molar refractivity (Wildman–Crippen MR) is 220 cm³/mol. The molecule has 0 radical (unpaired) electrons. The number of fused-ring (bicyclic) bond motifs is 7. The lowest BCUT2D eigenvalue weighted by atomic mass is 9.86. The second-order valence-corrected chi connectivity index (χ2v) is 14.8. The van der Waals surface area contributed by atoms with Crippen molar-refractivity contribution >= 4 is 11.1 Å². The largest absolute Gasteiger partial charge is 0.354 e. The normalized spacial score (nSPS) is 16.2. The molecule has 0 fully saturated rings. The van der Waals surface area contributed by atoms with Crippen molar-refractivity contribution in [1.82, 2.24) is 4.90 Å². The highest BCUT2D eigenvalue weighted by Crippen LogP contribution is 2.54. The zero-order valence-corrected chi connectivity index (χ0v) is 30.5. The SMILES string of the molecule is Cc1ccc(C(C)c2ccc3c(c2)C(=C2c4ccccc4-c4ccccc42)c2ccccc2-3)cc1C/C=C\C=C/N(C)C1=C2C=CCCC2=CCC1. The van der Waals surface area contributed by atoms with Gasteiger partial charge in [-0.2, -0.15) is 0 Å². The Labute approximate surface area is 309 Å². The van der Waals surface area contributed by atoms with E-state index in [0.29, 0.717) is 0 Å². The Morgan fingerprint density at radius 3 is 1.92 bits per heavy atom. The summed E-state index contributed by atoms with van der Waals surface area (Å²) in [6, 6.07) is 41.1. The van der Waals surface area contributed by atoms with E-state index in [1.54, 1.807) is 0 Å². The summed E-state index contributed by atoms with van der Waals surface area (Å²) in [6.07, 6.45) is 21.5. The summed E-state index contributed by atoms with van der Waals surface area (Å²) in [4.78, 5) is 2.32. The summed E-state index contributed by atoms with van der Waals surface area (Å²) >= 11 is 0. The van der Waals surface area contributed by atoms with Gasteiger partial charge in [0.2, 0.25) is 0 Å². The van der Waals surface area contributed by atoms with Crippen LogP contribution in [0.4, 0.5) is 0 Å². The van der Waals surface area contributed by atoms with Crippen LogP contribution in [0.5, 0.6) is 0 Å². The van der Waals surface area contributed by atoms with Crippen LogP contribution < -0.4 is 0 Å². The maximum atomic E-state index is 2.48. The molecule has 9 rings (SSSR count). The highest BCUT2D eigenvalue weighted by Gasteiger charge is 2.32. The lowest BCUT2D eigenvalue weighted by Crippen LogP contribution is -2.16. The molecule has 52 heavy (non-hydrogen) atoms.